The summed E-state index contributed by atoms with van der Waals surface area (Å²) in [6.07, 6.45) is -8.27. The largest absolute Gasteiger partial charge is 0.416 e. The van der Waals surface area contributed by atoms with Gasteiger partial charge >= 0.3 is 12.4 Å². The topological polar surface area (TPSA) is 32.6 Å². The van der Waals surface area contributed by atoms with Gasteiger partial charge in [-0.05, 0) is 24.5 Å². The van der Waals surface area contributed by atoms with Crippen molar-refractivity contribution < 1.29 is 31.5 Å². The molecule has 1 aromatic carbocycles. The first-order valence-electron chi connectivity index (χ1n) is 5.09. The molecule has 1 rings (SSSR count). The minimum atomic E-state index is -4.92. The molecule has 0 amide bonds. The molecular formula is C11H9F6NOS. The average molecular weight is 317 g/mol. The molecule has 0 aliphatic carbocycles. The number of hydrogen-bond donors (Lipinski definition) is 1. The van der Waals surface area contributed by atoms with Gasteiger partial charge in [-0.15, -0.1) is 0 Å². The number of rotatable bonds is 3. The third-order valence-electron chi connectivity index (χ3n) is 2.32. The lowest BCUT2D eigenvalue weighted by atomic mass is 10.0. The highest BCUT2D eigenvalue weighted by Crippen LogP contribution is 2.36. The Morgan fingerprint density at radius 3 is 1.80 bits per heavy atom. The van der Waals surface area contributed by atoms with Crippen LogP contribution in [0, 0.1) is 0 Å². The third kappa shape index (κ3) is 4.06. The number of hydrogen-bond acceptors (Lipinski definition) is 3. The van der Waals surface area contributed by atoms with E-state index in [-0.39, 0.29) is 17.5 Å². The average Bonchev–Trinajstić information content (AvgIpc) is 2.33. The summed E-state index contributed by atoms with van der Waals surface area (Å²) in [6, 6.07) is 1.08. The van der Waals surface area contributed by atoms with Crippen LogP contribution in [-0.4, -0.2) is 22.9 Å². The lowest BCUT2D eigenvalue weighted by Gasteiger charge is -2.14. The fourth-order valence-electron chi connectivity index (χ4n) is 1.43. The van der Waals surface area contributed by atoms with Crippen LogP contribution in [0.15, 0.2) is 23.4 Å². The Hall–Kier alpha value is -1.38. The molecule has 0 heterocycles. The van der Waals surface area contributed by atoms with E-state index in [2.05, 4.69) is 5.16 Å². The van der Waals surface area contributed by atoms with E-state index in [1.807, 2.05) is 0 Å². The molecule has 0 radical (unpaired) electrons. The van der Waals surface area contributed by atoms with Crippen molar-refractivity contribution in [2.45, 2.75) is 12.4 Å². The van der Waals surface area contributed by atoms with Gasteiger partial charge in [0, 0.05) is 11.3 Å². The second-order valence-electron chi connectivity index (χ2n) is 3.77. The van der Waals surface area contributed by atoms with Gasteiger partial charge in [0.15, 0.2) is 0 Å². The van der Waals surface area contributed by atoms with Crippen LogP contribution in [0.25, 0.3) is 0 Å². The van der Waals surface area contributed by atoms with Crippen LogP contribution < -0.4 is 0 Å². The van der Waals surface area contributed by atoms with Crippen molar-refractivity contribution in [2.24, 2.45) is 5.16 Å². The summed E-state index contributed by atoms with van der Waals surface area (Å²) >= 11 is 1.10. The normalized spacial score (nSPS) is 13.7. The predicted molar refractivity (Wildman–Crippen MR) is 63.2 cm³/mol. The zero-order valence-electron chi connectivity index (χ0n) is 10.0. The lowest BCUT2D eigenvalue weighted by molar-refractivity contribution is -0.143. The summed E-state index contributed by atoms with van der Waals surface area (Å²) < 4.78 is 75.7. The van der Waals surface area contributed by atoms with Gasteiger partial charge < -0.3 is 5.21 Å². The van der Waals surface area contributed by atoms with Crippen LogP contribution in [0.5, 0.6) is 0 Å². The first-order valence-corrected chi connectivity index (χ1v) is 6.48. The van der Waals surface area contributed by atoms with Crippen LogP contribution in [0.2, 0.25) is 0 Å². The SMILES string of the molecule is CSCC(=NO)c1cc(C(F)(F)F)cc(C(F)(F)F)c1. The van der Waals surface area contributed by atoms with Gasteiger partial charge in [-0.1, -0.05) is 5.16 Å². The summed E-state index contributed by atoms with van der Waals surface area (Å²) in [5.74, 6) is -0.0187. The molecular weight excluding hydrogens is 308 g/mol. The Kier molecular flexibility index (Phi) is 4.95. The van der Waals surface area contributed by atoms with Gasteiger partial charge in [0.2, 0.25) is 0 Å². The van der Waals surface area contributed by atoms with Crippen molar-refractivity contribution >= 4 is 17.5 Å². The van der Waals surface area contributed by atoms with E-state index in [0.29, 0.717) is 12.1 Å². The Balaban J connectivity index is 3.46. The summed E-state index contributed by atoms with van der Waals surface area (Å²) in [5.41, 5.74) is -3.55. The molecule has 0 aromatic heterocycles. The van der Waals surface area contributed by atoms with Gasteiger partial charge in [0.25, 0.3) is 0 Å². The summed E-state index contributed by atoms with van der Waals surface area (Å²) in [4.78, 5) is 0. The number of benzene rings is 1. The highest BCUT2D eigenvalue weighted by molar-refractivity contribution is 7.99. The van der Waals surface area contributed by atoms with E-state index >= 15 is 0 Å². The smallest absolute Gasteiger partial charge is 0.411 e. The molecule has 0 aliphatic heterocycles. The van der Waals surface area contributed by atoms with Crippen molar-refractivity contribution in [3.05, 3.63) is 34.9 Å². The van der Waals surface area contributed by atoms with E-state index in [9.17, 15) is 26.3 Å². The molecule has 0 atom stereocenters. The van der Waals surface area contributed by atoms with Crippen molar-refractivity contribution in [1.29, 1.82) is 0 Å². The van der Waals surface area contributed by atoms with E-state index in [1.54, 1.807) is 6.26 Å². The van der Waals surface area contributed by atoms with Crippen LogP contribution >= 0.6 is 11.8 Å². The van der Waals surface area contributed by atoms with Crippen LogP contribution in [0.1, 0.15) is 16.7 Å². The quantitative estimate of drug-likeness (QED) is 0.391. The van der Waals surface area contributed by atoms with E-state index in [4.69, 9.17) is 5.21 Å². The molecule has 1 aromatic rings. The zero-order chi connectivity index (χ0) is 15.6. The van der Waals surface area contributed by atoms with Crippen molar-refractivity contribution in [3.63, 3.8) is 0 Å². The molecule has 0 unspecified atom stereocenters. The summed E-state index contributed by atoms with van der Waals surface area (Å²) in [7, 11) is 0. The number of nitrogens with zero attached hydrogens (tertiary/aromatic N) is 1. The molecule has 2 nitrogen and oxygen atoms in total. The fraction of sp³-hybridized carbons (Fsp3) is 0.364. The Labute approximate surface area is 114 Å². The van der Waals surface area contributed by atoms with Gasteiger partial charge in [-0.2, -0.15) is 38.1 Å². The highest BCUT2D eigenvalue weighted by Gasteiger charge is 2.37. The minimum Gasteiger partial charge on any atom is -0.411 e. The summed E-state index contributed by atoms with van der Waals surface area (Å²) in [5, 5.41) is 11.5. The fourth-order valence-corrected chi connectivity index (χ4v) is 1.93. The Bertz CT molecular complexity index is 476. The maximum Gasteiger partial charge on any atom is 0.416 e. The van der Waals surface area contributed by atoms with Crippen LogP contribution in [0.4, 0.5) is 26.3 Å². The van der Waals surface area contributed by atoms with E-state index in [0.717, 1.165) is 11.8 Å². The zero-order valence-corrected chi connectivity index (χ0v) is 10.8. The molecule has 0 fully saturated rings. The number of halogens is 6. The number of oxime groups is 1. The summed E-state index contributed by atoms with van der Waals surface area (Å²) in [6.45, 7) is 0. The molecule has 112 valence electrons. The molecule has 0 spiro atoms. The van der Waals surface area contributed by atoms with Crippen LogP contribution in [-0.2, 0) is 12.4 Å². The van der Waals surface area contributed by atoms with Crippen molar-refractivity contribution in [2.75, 3.05) is 12.0 Å². The molecule has 9 heteroatoms. The lowest BCUT2D eigenvalue weighted by Crippen LogP contribution is -2.14. The molecule has 0 saturated heterocycles. The third-order valence-corrected chi connectivity index (χ3v) is 2.88. The maximum atomic E-state index is 12.6. The Morgan fingerprint density at radius 1 is 1.05 bits per heavy atom. The highest BCUT2D eigenvalue weighted by atomic mass is 32.2. The second kappa shape index (κ2) is 5.94. The van der Waals surface area contributed by atoms with Gasteiger partial charge in [-0.3, -0.25) is 0 Å². The van der Waals surface area contributed by atoms with Gasteiger partial charge in [0.1, 0.15) is 0 Å². The monoisotopic (exact) mass is 317 g/mol. The Morgan fingerprint density at radius 2 is 1.50 bits per heavy atom. The maximum absolute atomic E-state index is 12.6. The molecule has 0 saturated carbocycles. The first kappa shape index (κ1) is 16.7. The molecule has 0 bridgehead atoms. The standard InChI is InChI=1S/C11H9F6NOS/c1-20-5-9(18-19)6-2-7(10(12,13)14)4-8(3-6)11(15,16)17/h2-4,19H,5H2,1H3. The molecule has 1 N–H and O–H groups in total. The van der Waals surface area contributed by atoms with Crippen LogP contribution in [0.3, 0.4) is 0 Å². The first-order chi connectivity index (χ1) is 9.09. The van der Waals surface area contributed by atoms with Gasteiger partial charge in [-0.25, -0.2) is 0 Å². The van der Waals surface area contributed by atoms with Crippen molar-refractivity contribution in [1.82, 2.24) is 0 Å². The molecule has 0 aliphatic rings. The van der Waals surface area contributed by atoms with Crippen molar-refractivity contribution in [3.8, 4) is 0 Å². The number of alkyl halides is 6. The van der Waals surface area contributed by atoms with E-state index < -0.39 is 29.0 Å². The predicted octanol–water partition coefficient (Wildman–Crippen LogP) is 4.27. The van der Waals surface area contributed by atoms with E-state index in [1.165, 1.54) is 0 Å². The number of thioether (sulfide) groups is 1. The second-order valence-corrected chi connectivity index (χ2v) is 4.64. The minimum absolute atomic E-state index is 0.0187. The molecule has 20 heavy (non-hydrogen) atoms. The van der Waals surface area contributed by atoms with Gasteiger partial charge in [0.05, 0.1) is 16.8 Å².